The third-order valence-electron chi connectivity index (χ3n) is 4.66. The number of hydrogen-bond donors (Lipinski definition) is 2. The maximum absolute atomic E-state index is 12.3. The van der Waals surface area contributed by atoms with E-state index in [2.05, 4.69) is 11.6 Å². The lowest BCUT2D eigenvalue weighted by Gasteiger charge is -2.10. The van der Waals surface area contributed by atoms with Crippen LogP contribution < -0.4 is 10.5 Å². The molecule has 0 aliphatic heterocycles. The topological polar surface area (TPSA) is 72.2 Å². The quantitative estimate of drug-likeness (QED) is 0.241. The van der Waals surface area contributed by atoms with Gasteiger partial charge in [0.15, 0.2) is 0 Å². The Balaban J connectivity index is 2.12. The van der Waals surface area contributed by atoms with Crippen LogP contribution >= 0.6 is 23.2 Å². The van der Waals surface area contributed by atoms with Crippen molar-refractivity contribution in [2.24, 2.45) is 0 Å². The molecule has 0 amide bonds. The van der Waals surface area contributed by atoms with E-state index in [9.17, 15) is 8.42 Å². The van der Waals surface area contributed by atoms with Gasteiger partial charge in [-0.15, -0.1) is 0 Å². The zero-order chi connectivity index (χ0) is 20.1. The predicted molar refractivity (Wildman–Crippen MR) is 117 cm³/mol. The summed E-state index contributed by atoms with van der Waals surface area (Å²) in [7, 11) is -3.67. The Morgan fingerprint density at radius 3 is 1.81 bits per heavy atom. The van der Waals surface area contributed by atoms with Crippen LogP contribution in [-0.2, 0) is 10.0 Å². The molecular formula is C20H34Cl2N2O2S. The molecule has 0 heterocycles. The van der Waals surface area contributed by atoms with Crippen molar-refractivity contribution in [3.05, 3.63) is 22.2 Å². The fourth-order valence-electron chi connectivity index (χ4n) is 3.00. The van der Waals surface area contributed by atoms with Crippen LogP contribution in [0.15, 0.2) is 17.0 Å². The van der Waals surface area contributed by atoms with Gasteiger partial charge in [0.1, 0.15) is 4.90 Å². The monoisotopic (exact) mass is 436 g/mol. The van der Waals surface area contributed by atoms with Crippen molar-refractivity contribution in [1.29, 1.82) is 0 Å². The van der Waals surface area contributed by atoms with Crippen LogP contribution in [0.25, 0.3) is 0 Å². The first-order chi connectivity index (χ1) is 12.9. The van der Waals surface area contributed by atoms with Gasteiger partial charge in [0.2, 0.25) is 10.0 Å². The Hall–Kier alpha value is -0.490. The van der Waals surface area contributed by atoms with E-state index >= 15 is 0 Å². The highest BCUT2D eigenvalue weighted by atomic mass is 35.5. The molecule has 3 N–H and O–H groups in total. The second-order valence-electron chi connectivity index (χ2n) is 7.09. The van der Waals surface area contributed by atoms with Gasteiger partial charge in [-0.3, -0.25) is 0 Å². The van der Waals surface area contributed by atoms with Crippen molar-refractivity contribution in [3.8, 4) is 0 Å². The van der Waals surface area contributed by atoms with Gasteiger partial charge in [-0.05, 0) is 18.6 Å². The SMILES string of the molecule is CCCCCCCCCCCCCCNS(=O)(=O)c1cc(Cl)c(N)cc1Cl. The molecule has 4 nitrogen and oxygen atoms in total. The number of hydrogen-bond acceptors (Lipinski definition) is 3. The van der Waals surface area contributed by atoms with E-state index in [4.69, 9.17) is 28.9 Å². The van der Waals surface area contributed by atoms with Gasteiger partial charge in [-0.1, -0.05) is 101 Å². The van der Waals surface area contributed by atoms with Gasteiger partial charge in [-0.25, -0.2) is 13.1 Å². The Kier molecular flexibility index (Phi) is 12.4. The number of nitrogens with one attached hydrogen (secondary N) is 1. The van der Waals surface area contributed by atoms with Gasteiger partial charge in [0.25, 0.3) is 0 Å². The third-order valence-corrected chi connectivity index (χ3v) is 6.92. The number of nitrogen functional groups attached to an aromatic ring is 1. The molecule has 1 rings (SSSR count). The molecule has 0 fully saturated rings. The minimum atomic E-state index is -3.67. The van der Waals surface area contributed by atoms with Crippen LogP contribution in [0.3, 0.4) is 0 Å². The highest BCUT2D eigenvalue weighted by Crippen LogP contribution is 2.30. The van der Waals surface area contributed by atoms with Crippen molar-refractivity contribution in [2.45, 2.75) is 88.9 Å². The van der Waals surface area contributed by atoms with Gasteiger partial charge in [0, 0.05) is 6.54 Å². The summed E-state index contributed by atoms with van der Waals surface area (Å²) in [5.74, 6) is 0. The first kappa shape index (κ1) is 24.5. The summed E-state index contributed by atoms with van der Waals surface area (Å²) in [5.41, 5.74) is 5.89. The van der Waals surface area contributed by atoms with Crippen molar-refractivity contribution in [2.75, 3.05) is 12.3 Å². The van der Waals surface area contributed by atoms with E-state index in [1.807, 2.05) is 0 Å². The number of unbranched alkanes of at least 4 members (excludes halogenated alkanes) is 11. The normalized spacial score (nSPS) is 11.8. The largest absolute Gasteiger partial charge is 0.397 e. The highest BCUT2D eigenvalue weighted by Gasteiger charge is 2.19. The molecule has 0 bridgehead atoms. The summed E-state index contributed by atoms with van der Waals surface area (Å²) in [6.07, 6.45) is 14.9. The first-order valence-electron chi connectivity index (χ1n) is 10.1. The number of sulfonamides is 1. The summed E-state index contributed by atoms with van der Waals surface area (Å²) in [6.45, 7) is 2.64. The van der Waals surface area contributed by atoms with Crippen molar-refractivity contribution < 1.29 is 8.42 Å². The number of rotatable bonds is 15. The molecule has 0 atom stereocenters. The maximum Gasteiger partial charge on any atom is 0.242 e. The summed E-state index contributed by atoms with van der Waals surface area (Å²) in [5, 5.41) is 0.268. The second kappa shape index (κ2) is 13.6. The molecule has 0 aliphatic carbocycles. The summed E-state index contributed by atoms with van der Waals surface area (Å²) in [4.78, 5) is -0.0256. The molecular weight excluding hydrogens is 403 g/mol. The summed E-state index contributed by atoms with van der Waals surface area (Å²) < 4.78 is 27.2. The average molecular weight is 437 g/mol. The van der Waals surface area contributed by atoms with Crippen LogP contribution in [0.5, 0.6) is 0 Å². The molecule has 0 radical (unpaired) electrons. The molecule has 7 heteroatoms. The summed E-state index contributed by atoms with van der Waals surface area (Å²) >= 11 is 11.9. The predicted octanol–water partition coefficient (Wildman–Crippen LogP) is 6.56. The van der Waals surface area contributed by atoms with Gasteiger partial charge in [-0.2, -0.15) is 0 Å². The van der Waals surface area contributed by atoms with Crippen LogP contribution in [-0.4, -0.2) is 15.0 Å². The lowest BCUT2D eigenvalue weighted by molar-refractivity contribution is 0.540. The van der Waals surface area contributed by atoms with Crippen LogP contribution in [0.4, 0.5) is 5.69 Å². The minimum Gasteiger partial charge on any atom is -0.397 e. The molecule has 0 aromatic heterocycles. The molecule has 156 valence electrons. The molecule has 0 saturated heterocycles. The highest BCUT2D eigenvalue weighted by molar-refractivity contribution is 7.89. The Morgan fingerprint density at radius 2 is 1.30 bits per heavy atom. The van der Waals surface area contributed by atoms with E-state index in [1.54, 1.807) is 0 Å². The summed E-state index contributed by atoms with van der Waals surface area (Å²) in [6, 6.07) is 2.66. The minimum absolute atomic E-state index is 0.0256. The smallest absolute Gasteiger partial charge is 0.242 e. The van der Waals surface area contributed by atoms with E-state index in [1.165, 1.54) is 69.9 Å². The van der Waals surface area contributed by atoms with Gasteiger partial charge >= 0.3 is 0 Å². The molecule has 0 aliphatic rings. The maximum atomic E-state index is 12.3. The fraction of sp³-hybridized carbons (Fsp3) is 0.700. The zero-order valence-electron chi connectivity index (χ0n) is 16.4. The lowest BCUT2D eigenvalue weighted by atomic mass is 10.1. The molecule has 1 aromatic rings. The fourth-order valence-corrected chi connectivity index (χ4v) is 4.86. The zero-order valence-corrected chi connectivity index (χ0v) is 18.7. The van der Waals surface area contributed by atoms with E-state index < -0.39 is 10.0 Å². The van der Waals surface area contributed by atoms with Crippen LogP contribution in [0, 0.1) is 0 Å². The molecule has 0 unspecified atom stereocenters. The Labute approximate surface area is 175 Å². The molecule has 0 saturated carbocycles. The van der Waals surface area contributed by atoms with Gasteiger partial charge in [0.05, 0.1) is 15.7 Å². The van der Waals surface area contributed by atoms with Crippen molar-refractivity contribution >= 4 is 38.9 Å². The number of nitrogens with two attached hydrogens (primary N) is 1. The van der Waals surface area contributed by atoms with Gasteiger partial charge < -0.3 is 5.73 Å². The van der Waals surface area contributed by atoms with E-state index in [0.717, 1.165) is 19.3 Å². The Bertz CT molecular complexity index is 652. The van der Waals surface area contributed by atoms with E-state index in [-0.39, 0.29) is 20.6 Å². The standard InChI is InChI=1S/C20H34Cl2N2O2S/c1-2-3-4-5-6-7-8-9-10-11-12-13-14-24-27(25,26)20-16-17(21)19(23)15-18(20)22/h15-16,24H,2-14,23H2,1H3. The molecule has 27 heavy (non-hydrogen) atoms. The van der Waals surface area contributed by atoms with Crippen molar-refractivity contribution in [1.82, 2.24) is 4.72 Å². The molecule has 0 spiro atoms. The van der Waals surface area contributed by atoms with Crippen LogP contribution in [0.1, 0.15) is 84.0 Å². The lowest BCUT2D eigenvalue weighted by Crippen LogP contribution is -2.25. The number of halogens is 2. The van der Waals surface area contributed by atoms with E-state index in [0.29, 0.717) is 6.54 Å². The molecule has 1 aromatic carbocycles. The Morgan fingerprint density at radius 1 is 0.815 bits per heavy atom. The number of benzene rings is 1. The average Bonchev–Trinajstić information content (AvgIpc) is 2.62. The van der Waals surface area contributed by atoms with Crippen LogP contribution in [0.2, 0.25) is 10.0 Å². The second-order valence-corrected chi connectivity index (χ2v) is 9.64. The first-order valence-corrected chi connectivity index (χ1v) is 12.4. The third kappa shape index (κ3) is 10.0. The number of anilines is 1. The van der Waals surface area contributed by atoms with Crippen molar-refractivity contribution in [3.63, 3.8) is 0 Å².